The van der Waals surface area contributed by atoms with Crippen LogP contribution in [0.25, 0.3) is 0 Å². The second kappa shape index (κ2) is 6.32. The van der Waals surface area contributed by atoms with Gasteiger partial charge in [-0.1, -0.05) is 19.8 Å². The molecule has 0 bridgehead atoms. The minimum atomic E-state index is -1.10. The number of nitrogens with one attached hydrogen (secondary N) is 2. The van der Waals surface area contributed by atoms with Gasteiger partial charge in [-0.2, -0.15) is 0 Å². The molecule has 1 heterocycles. The highest BCUT2D eigenvalue weighted by molar-refractivity contribution is 5.90. The largest absolute Gasteiger partial charge is 0.480 e. The fourth-order valence-electron chi connectivity index (χ4n) is 3.22. The summed E-state index contributed by atoms with van der Waals surface area (Å²) in [6.07, 6.45) is 5.52. The van der Waals surface area contributed by atoms with E-state index >= 15 is 0 Å². The average molecular weight is 297 g/mol. The molecule has 2 aliphatic rings. The minimum Gasteiger partial charge on any atom is -0.480 e. The van der Waals surface area contributed by atoms with Gasteiger partial charge in [-0.25, -0.2) is 9.59 Å². The molecule has 7 nitrogen and oxygen atoms in total. The third kappa shape index (κ3) is 3.46. The van der Waals surface area contributed by atoms with Crippen molar-refractivity contribution in [2.45, 2.75) is 45.1 Å². The summed E-state index contributed by atoms with van der Waals surface area (Å²) in [6, 6.07) is -1.46. The first-order valence-corrected chi connectivity index (χ1v) is 7.51. The number of amides is 3. The Hall–Kier alpha value is -1.79. The molecule has 3 N–H and O–H groups in total. The van der Waals surface area contributed by atoms with Gasteiger partial charge in [0.15, 0.2) is 0 Å². The van der Waals surface area contributed by atoms with Crippen molar-refractivity contribution in [2.75, 3.05) is 19.6 Å². The first-order valence-electron chi connectivity index (χ1n) is 7.51. The van der Waals surface area contributed by atoms with E-state index in [1.165, 1.54) is 12.8 Å². The van der Waals surface area contributed by atoms with Crippen LogP contribution in [-0.2, 0) is 9.59 Å². The van der Waals surface area contributed by atoms with Gasteiger partial charge in [-0.05, 0) is 24.7 Å². The molecule has 0 aromatic rings. The van der Waals surface area contributed by atoms with Crippen molar-refractivity contribution < 1.29 is 19.5 Å². The highest BCUT2D eigenvalue weighted by Crippen LogP contribution is 2.40. The summed E-state index contributed by atoms with van der Waals surface area (Å²) in [7, 11) is 0. The molecule has 1 saturated heterocycles. The number of urea groups is 1. The van der Waals surface area contributed by atoms with E-state index in [1.807, 2.05) is 0 Å². The van der Waals surface area contributed by atoms with E-state index in [9.17, 15) is 14.4 Å². The Labute approximate surface area is 124 Å². The average Bonchev–Trinajstić information content (AvgIpc) is 2.94. The highest BCUT2D eigenvalue weighted by Gasteiger charge is 2.37. The summed E-state index contributed by atoms with van der Waals surface area (Å²) in [4.78, 5) is 35.9. The van der Waals surface area contributed by atoms with Crippen molar-refractivity contribution in [2.24, 2.45) is 5.41 Å². The first kappa shape index (κ1) is 15.6. The first-order chi connectivity index (χ1) is 9.97. The number of piperazine rings is 1. The molecule has 0 spiro atoms. The maximum atomic E-state index is 12.2. The number of nitrogens with zero attached hydrogens (tertiary/aromatic N) is 1. The van der Waals surface area contributed by atoms with E-state index in [1.54, 1.807) is 0 Å². The van der Waals surface area contributed by atoms with Gasteiger partial charge >= 0.3 is 12.0 Å². The maximum absolute atomic E-state index is 12.2. The Morgan fingerprint density at radius 3 is 2.67 bits per heavy atom. The zero-order chi connectivity index (χ0) is 15.5. The van der Waals surface area contributed by atoms with Crippen molar-refractivity contribution in [1.82, 2.24) is 15.5 Å². The number of aliphatic carboxylic acids is 1. The molecule has 1 aliphatic heterocycles. The van der Waals surface area contributed by atoms with E-state index in [4.69, 9.17) is 5.11 Å². The Morgan fingerprint density at radius 2 is 2.10 bits per heavy atom. The van der Waals surface area contributed by atoms with Crippen LogP contribution in [0.15, 0.2) is 0 Å². The van der Waals surface area contributed by atoms with E-state index in [0.29, 0.717) is 6.54 Å². The van der Waals surface area contributed by atoms with Crippen molar-refractivity contribution in [3.8, 4) is 0 Å². The number of carbonyl (C=O) groups excluding carboxylic acids is 2. The Morgan fingerprint density at radius 1 is 1.43 bits per heavy atom. The molecule has 2 rings (SSSR count). The molecule has 0 radical (unpaired) electrons. The number of carboxylic acids is 1. The van der Waals surface area contributed by atoms with Crippen molar-refractivity contribution in [3.63, 3.8) is 0 Å². The lowest BCUT2D eigenvalue weighted by atomic mass is 9.83. The fourth-order valence-corrected chi connectivity index (χ4v) is 3.22. The van der Waals surface area contributed by atoms with Gasteiger partial charge in [-0.15, -0.1) is 0 Å². The predicted octanol–water partition coefficient (Wildman–Crippen LogP) is 0.551. The SMILES string of the molecule is CCC1(CNC(=O)N2CC(=O)NCC2C(=O)O)CCCC1. The summed E-state index contributed by atoms with van der Waals surface area (Å²) in [5, 5.41) is 14.5. The summed E-state index contributed by atoms with van der Waals surface area (Å²) in [5.74, 6) is -1.43. The third-order valence-electron chi connectivity index (χ3n) is 4.76. The van der Waals surface area contributed by atoms with E-state index < -0.39 is 18.0 Å². The van der Waals surface area contributed by atoms with Crippen LogP contribution in [0.5, 0.6) is 0 Å². The lowest BCUT2D eigenvalue weighted by Gasteiger charge is -2.34. The summed E-state index contributed by atoms with van der Waals surface area (Å²) in [5.41, 5.74) is 0.131. The number of hydrogen-bond acceptors (Lipinski definition) is 3. The monoisotopic (exact) mass is 297 g/mol. The van der Waals surface area contributed by atoms with Crippen LogP contribution in [0, 0.1) is 5.41 Å². The van der Waals surface area contributed by atoms with Crippen LogP contribution in [-0.4, -0.2) is 53.6 Å². The summed E-state index contributed by atoms with van der Waals surface area (Å²) >= 11 is 0. The van der Waals surface area contributed by atoms with Crippen LogP contribution in [0.3, 0.4) is 0 Å². The van der Waals surface area contributed by atoms with Crippen LogP contribution in [0.1, 0.15) is 39.0 Å². The molecule has 21 heavy (non-hydrogen) atoms. The van der Waals surface area contributed by atoms with Crippen LogP contribution >= 0.6 is 0 Å². The summed E-state index contributed by atoms with van der Waals surface area (Å²) in [6.45, 7) is 2.42. The predicted molar refractivity (Wildman–Crippen MR) is 75.7 cm³/mol. The normalized spacial score (nSPS) is 24.5. The number of rotatable bonds is 4. The number of hydrogen-bond donors (Lipinski definition) is 3. The topological polar surface area (TPSA) is 98.7 Å². The van der Waals surface area contributed by atoms with Crippen molar-refractivity contribution in [1.29, 1.82) is 0 Å². The maximum Gasteiger partial charge on any atom is 0.328 e. The number of carbonyl (C=O) groups is 3. The van der Waals surface area contributed by atoms with Crippen LogP contribution in [0.2, 0.25) is 0 Å². The molecular formula is C14H23N3O4. The van der Waals surface area contributed by atoms with Crippen molar-refractivity contribution >= 4 is 17.9 Å². The quantitative estimate of drug-likeness (QED) is 0.705. The molecule has 118 valence electrons. The van der Waals surface area contributed by atoms with Gasteiger partial charge in [0.25, 0.3) is 0 Å². The van der Waals surface area contributed by atoms with Gasteiger partial charge in [0.1, 0.15) is 12.6 Å². The molecule has 1 saturated carbocycles. The van der Waals surface area contributed by atoms with Gasteiger partial charge in [0.2, 0.25) is 5.91 Å². The fraction of sp³-hybridized carbons (Fsp3) is 0.786. The lowest BCUT2D eigenvalue weighted by Crippen LogP contribution is -2.61. The molecule has 2 fully saturated rings. The second-order valence-electron chi connectivity index (χ2n) is 6.01. The third-order valence-corrected chi connectivity index (χ3v) is 4.76. The molecule has 7 heteroatoms. The van der Waals surface area contributed by atoms with Crippen molar-refractivity contribution in [3.05, 3.63) is 0 Å². The van der Waals surface area contributed by atoms with E-state index in [0.717, 1.165) is 24.2 Å². The van der Waals surface area contributed by atoms with E-state index in [-0.39, 0.29) is 24.4 Å². The standard InChI is InChI=1S/C14H23N3O4/c1-2-14(5-3-4-6-14)9-16-13(21)17-8-11(18)15-7-10(17)12(19)20/h10H,2-9H2,1H3,(H,15,18)(H,16,21)(H,19,20). The summed E-state index contributed by atoms with van der Waals surface area (Å²) < 4.78 is 0. The second-order valence-corrected chi connectivity index (χ2v) is 6.01. The smallest absolute Gasteiger partial charge is 0.328 e. The van der Waals surface area contributed by atoms with Gasteiger partial charge < -0.3 is 15.7 Å². The van der Waals surface area contributed by atoms with Gasteiger partial charge in [0, 0.05) is 13.1 Å². The zero-order valence-electron chi connectivity index (χ0n) is 12.4. The number of carboxylic acid groups (broad SMARTS) is 1. The molecule has 0 aromatic carbocycles. The highest BCUT2D eigenvalue weighted by atomic mass is 16.4. The van der Waals surface area contributed by atoms with Crippen LogP contribution in [0.4, 0.5) is 4.79 Å². The molecule has 1 atom stereocenters. The van der Waals surface area contributed by atoms with Crippen LogP contribution < -0.4 is 10.6 Å². The molecule has 1 unspecified atom stereocenters. The van der Waals surface area contributed by atoms with Gasteiger partial charge in [0.05, 0.1) is 0 Å². The zero-order valence-corrected chi connectivity index (χ0v) is 12.4. The molecule has 3 amide bonds. The lowest BCUT2D eigenvalue weighted by molar-refractivity contribution is -0.144. The molecule has 0 aromatic heterocycles. The van der Waals surface area contributed by atoms with E-state index in [2.05, 4.69) is 17.6 Å². The van der Waals surface area contributed by atoms with Gasteiger partial charge in [-0.3, -0.25) is 9.69 Å². The Kier molecular flexibility index (Phi) is 4.69. The molecule has 1 aliphatic carbocycles. The Balaban J connectivity index is 1.97. The Bertz CT molecular complexity index is 432. The molecular weight excluding hydrogens is 274 g/mol. The minimum absolute atomic E-state index is 0.0412.